The number of benzene rings is 2. The quantitative estimate of drug-likeness (QED) is 0.920. The minimum absolute atomic E-state index is 0.226. The molecule has 23 heavy (non-hydrogen) atoms. The number of hydrogen-bond donors (Lipinski definition) is 1. The lowest BCUT2D eigenvalue weighted by Crippen LogP contribution is -2.33. The van der Waals surface area contributed by atoms with Gasteiger partial charge in [-0.2, -0.15) is 0 Å². The van der Waals surface area contributed by atoms with Gasteiger partial charge in [-0.15, -0.1) is 0 Å². The van der Waals surface area contributed by atoms with E-state index in [0.717, 1.165) is 5.56 Å². The monoisotopic (exact) mass is 317 g/mol. The minimum atomic E-state index is -0.644. The van der Waals surface area contributed by atoms with E-state index in [1.54, 1.807) is 52.3 Å². The molecule has 0 saturated heterocycles. The Labute approximate surface area is 135 Å². The molecule has 2 rings (SSSR count). The summed E-state index contributed by atoms with van der Waals surface area (Å²) >= 11 is 0. The number of ether oxygens (including phenoxy) is 2. The fraction of sp³-hybridized carbons (Fsp3) is 0.278. The van der Waals surface area contributed by atoms with Crippen LogP contribution in [0.25, 0.3) is 11.1 Å². The van der Waals surface area contributed by atoms with Crippen LogP contribution in [0, 0.1) is 12.7 Å². The molecule has 0 fully saturated rings. The van der Waals surface area contributed by atoms with Crippen molar-refractivity contribution >= 4 is 5.91 Å². The molecular weight excluding hydrogens is 297 g/mol. The standard InChI is InChI=1S/C18H20FNO3/c1-11-5-6-13(9-17(11)19)14-7-15(22-4)10-16(8-14)23-12(2)18(21)20-3/h5-10,12H,1-4H3,(H,20,21). The Hall–Kier alpha value is -2.56. The van der Waals surface area contributed by atoms with E-state index >= 15 is 0 Å². The fourth-order valence-corrected chi connectivity index (χ4v) is 2.16. The first kappa shape index (κ1) is 16.8. The fourth-order valence-electron chi connectivity index (χ4n) is 2.16. The predicted molar refractivity (Wildman–Crippen MR) is 87.3 cm³/mol. The average Bonchev–Trinajstić information content (AvgIpc) is 2.56. The molecular formula is C18H20FNO3. The molecule has 5 heteroatoms. The summed E-state index contributed by atoms with van der Waals surface area (Å²) in [5.41, 5.74) is 2.05. The van der Waals surface area contributed by atoms with Crippen molar-refractivity contribution in [2.45, 2.75) is 20.0 Å². The lowest BCUT2D eigenvalue weighted by molar-refractivity contribution is -0.126. The molecule has 0 aromatic heterocycles. The largest absolute Gasteiger partial charge is 0.497 e. The maximum atomic E-state index is 13.8. The van der Waals surface area contributed by atoms with Gasteiger partial charge in [0.05, 0.1) is 7.11 Å². The van der Waals surface area contributed by atoms with Gasteiger partial charge in [-0.1, -0.05) is 12.1 Å². The Bertz CT molecular complexity index is 715. The summed E-state index contributed by atoms with van der Waals surface area (Å²) in [5.74, 6) is 0.557. The van der Waals surface area contributed by atoms with Crippen LogP contribution in [0.4, 0.5) is 4.39 Å². The summed E-state index contributed by atoms with van der Waals surface area (Å²) in [6, 6.07) is 10.3. The van der Waals surface area contributed by atoms with Crippen LogP contribution in [0.2, 0.25) is 0 Å². The molecule has 0 aliphatic heterocycles. The van der Waals surface area contributed by atoms with Gasteiger partial charge < -0.3 is 14.8 Å². The van der Waals surface area contributed by atoms with E-state index in [1.165, 1.54) is 6.07 Å². The number of aryl methyl sites for hydroxylation is 1. The van der Waals surface area contributed by atoms with Gasteiger partial charge in [0, 0.05) is 13.1 Å². The van der Waals surface area contributed by atoms with Gasteiger partial charge in [-0.05, 0) is 48.7 Å². The molecule has 2 aromatic rings. The van der Waals surface area contributed by atoms with Crippen LogP contribution in [-0.2, 0) is 4.79 Å². The lowest BCUT2D eigenvalue weighted by atomic mass is 10.0. The predicted octanol–water partition coefficient (Wildman–Crippen LogP) is 3.32. The molecule has 1 amide bonds. The molecule has 0 spiro atoms. The van der Waals surface area contributed by atoms with Gasteiger partial charge in [0.1, 0.15) is 17.3 Å². The van der Waals surface area contributed by atoms with E-state index in [9.17, 15) is 9.18 Å². The van der Waals surface area contributed by atoms with Gasteiger partial charge in [-0.25, -0.2) is 4.39 Å². The number of amides is 1. The normalized spacial score (nSPS) is 11.7. The zero-order valence-electron chi connectivity index (χ0n) is 13.6. The molecule has 0 aliphatic carbocycles. The molecule has 1 N–H and O–H groups in total. The molecule has 0 saturated carbocycles. The van der Waals surface area contributed by atoms with Crippen molar-refractivity contribution < 1.29 is 18.7 Å². The number of hydrogen-bond acceptors (Lipinski definition) is 3. The molecule has 0 aliphatic rings. The summed E-state index contributed by atoms with van der Waals surface area (Å²) in [7, 11) is 3.09. The number of likely N-dealkylation sites (N-methyl/N-ethyl adjacent to an activating group) is 1. The lowest BCUT2D eigenvalue weighted by Gasteiger charge is -2.15. The number of halogens is 1. The van der Waals surface area contributed by atoms with Gasteiger partial charge in [-0.3, -0.25) is 4.79 Å². The Kier molecular flexibility index (Phi) is 5.21. The average molecular weight is 317 g/mol. The van der Waals surface area contributed by atoms with Crippen LogP contribution in [-0.4, -0.2) is 26.2 Å². The summed E-state index contributed by atoms with van der Waals surface area (Å²) in [5, 5.41) is 2.53. The van der Waals surface area contributed by atoms with Crippen LogP contribution in [0.3, 0.4) is 0 Å². The number of nitrogens with one attached hydrogen (secondary N) is 1. The van der Waals surface area contributed by atoms with E-state index in [2.05, 4.69) is 5.32 Å². The maximum Gasteiger partial charge on any atom is 0.260 e. The zero-order chi connectivity index (χ0) is 17.0. The number of carbonyl (C=O) groups excluding carboxylic acids is 1. The minimum Gasteiger partial charge on any atom is -0.497 e. The highest BCUT2D eigenvalue weighted by molar-refractivity contribution is 5.80. The van der Waals surface area contributed by atoms with Crippen molar-refractivity contribution in [1.82, 2.24) is 5.32 Å². The van der Waals surface area contributed by atoms with E-state index in [-0.39, 0.29) is 11.7 Å². The van der Waals surface area contributed by atoms with Crippen molar-refractivity contribution in [3.8, 4) is 22.6 Å². The molecule has 2 aromatic carbocycles. The number of rotatable bonds is 5. The van der Waals surface area contributed by atoms with Crippen LogP contribution in [0.1, 0.15) is 12.5 Å². The Morgan fingerprint density at radius 1 is 1.13 bits per heavy atom. The first-order chi connectivity index (χ1) is 10.9. The van der Waals surface area contributed by atoms with Crippen molar-refractivity contribution in [2.75, 3.05) is 14.2 Å². The molecule has 0 heterocycles. The second kappa shape index (κ2) is 7.13. The number of carbonyl (C=O) groups is 1. The molecule has 4 nitrogen and oxygen atoms in total. The van der Waals surface area contributed by atoms with Crippen LogP contribution in [0.15, 0.2) is 36.4 Å². The molecule has 1 atom stereocenters. The van der Waals surface area contributed by atoms with E-state index in [0.29, 0.717) is 22.6 Å². The van der Waals surface area contributed by atoms with Crippen LogP contribution >= 0.6 is 0 Å². The highest BCUT2D eigenvalue weighted by atomic mass is 19.1. The second-order valence-corrected chi connectivity index (χ2v) is 5.24. The van der Waals surface area contributed by atoms with Gasteiger partial charge in [0.15, 0.2) is 6.10 Å². The van der Waals surface area contributed by atoms with Crippen LogP contribution < -0.4 is 14.8 Å². The molecule has 122 valence electrons. The van der Waals surface area contributed by atoms with Gasteiger partial charge in [0.2, 0.25) is 0 Å². The van der Waals surface area contributed by atoms with Crippen LogP contribution in [0.5, 0.6) is 11.5 Å². The van der Waals surface area contributed by atoms with Crippen molar-refractivity contribution in [1.29, 1.82) is 0 Å². The molecule has 0 bridgehead atoms. The Morgan fingerprint density at radius 2 is 1.83 bits per heavy atom. The Morgan fingerprint density at radius 3 is 2.43 bits per heavy atom. The van der Waals surface area contributed by atoms with E-state index < -0.39 is 6.10 Å². The first-order valence-corrected chi connectivity index (χ1v) is 7.28. The first-order valence-electron chi connectivity index (χ1n) is 7.28. The third kappa shape index (κ3) is 4.00. The molecule has 0 radical (unpaired) electrons. The third-order valence-electron chi connectivity index (χ3n) is 3.55. The summed E-state index contributed by atoms with van der Waals surface area (Å²) in [4.78, 5) is 11.6. The van der Waals surface area contributed by atoms with Crippen molar-refractivity contribution in [3.63, 3.8) is 0 Å². The number of methoxy groups -OCH3 is 1. The smallest absolute Gasteiger partial charge is 0.260 e. The van der Waals surface area contributed by atoms with E-state index in [1.807, 2.05) is 6.07 Å². The topological polar surface area (TPSA) is 47.6 Å². The maximum absolute atomic E-state index is 13.8. The zero-order valence-corrected chi connectivity index (χ0v) is 13.6. The van der Waals surface area contributed by atoms with Crippen molar-refractivity contribution in [2.24, 2.45) is 0 Å². The summed E-state index contributed by atoms with van der Waals surface area (Å²) < 4.78 is 24.7. The summed E-state index contributed by atoms with van der Waals surface area (Å²) in [6.07, 6.45) is -0.644. The highest BCUT2D eigenvalue weighted by Gasteiger charge is 2.14. The SMILES string of the molecule is CNC(=O)C(C)Oc1cc(OC)cc(-c2ccc(C)c(F)c2)c1. The molecule has 1 unspecified atom stereocenters. The summed E-state index contributed by atoms with van der Waals surface area (Å²) in [6.45, 7) is 3.37. The van der Waals surface area contributed by atoms with Gasteiger partial charge in [0.25, 0.3) is 5.91 Å². The Balaban J connectivity index is 2.38. The van der Waals surface area contributed by atoms with E-state index in [4.69, 9.17) is 9.47 Å². The van der Waals surface area contributed by atoms with Crippen molar-refractivity contribution in [3.05, 3.63) is 47.8 Å². The third-order valence-corrected chi connectivity index (χ3v) is 3.55. The highest BCUT2D eigenvalue weighted by Crippen LogP contribution is 2.31. The second-order valence-electron chi connectivity index (χ2n) is 5.24. The van der Waals surface area contributed by atoms with Gasteiger partial charge >= 0.3 is 0 Å².